The van der Waals surface area contributed by atoms with Crippen LogP contribution in [0.1, 0.15) is 0 Å². The molecule has 0 amide bonds. The van der Waals surface area contributed by atoms with E-state index in [-0.39, 0.29) is 0 Å². The number of hydrogen-bond acceptors (Lipinski definition) is 2. The van der Waals surface area contributed by atoms with Crippen LogP contribution >= 0.6 is 0 Å². The van der Waals surface area contributed by atoms with Gasteiger partial charge in [0.15, 0.2) is 0 Å². The number of ether oxygens (including phenoxy) is 1. The van der Waals surface area contributed by atoms with Crippen LogP contribution in [0.15, 0.2) is 0 Å². The van der Waals surface area contributed by atoms with Crippen molar-refractivity contribution in [1.82, 2.24) is 5.32 Å². The summed E-state index contributed by atoms with van der Waals surface area (Å²) in [5.41, 5.74) is 0. The van der Waals surface area contributed by atoms with Crippen LogP contribution < -0.4 is 26.5 Å². The van der Waals surface area contributed by atoms with E-state index in [9.17, 15) is 0 Å². The first-order valence-corrected chi connectivity index (χ1v) is 5.37. The Morgan fingerprint density at radius 1 is 1.57 bits per heavy atom. The molecule has 1 heterocycles. The molecule has 0 aromatic rings. The molecule has 1 N–H and O–H groups in total. The molecule has 0 saturated carbocycles. The summed E-state index contributed by atoms with van der Waals surface area (Å²) >= 11 is 0.354. The molecule has 0 aromatic carbocycles. The molecular formula is C4H9INO-. The van der Waals surface area contributed by atoms with Crippen molar-refractivity contribution in [3.05, 3.63) is 0 Å². The predicted octanol–water partition coefficient (Wildman–Crippen LogP) is -3.39. The molecule has 0 bridgehead atoms. The molecule has 44 valence electrons. The normalized spacial score (nSPS) is 25.1. The Morgan fingerprint density at radius 2 is 2.57 bits per heavy atom. The molecule has 1 rings (SSSR count). The third kappa shape index (κ3) is 2.46. The van der Waals surface area contributed by atoms with E-state index in [0.717, 1.165) is 17.8 Å². The van der Waals surface area contributed by atoms with Crippen LogP contribution in [0.25, 0.3) is 0 Å². The van der Waals surface area contributed by atoms with Crippen molar-refractivity contribution in [2.45, 2.75) is 0 Å². The minimum atomic E-state index is 0.354. The molecule has 1 aliphatic heterocycles. The van der Waals surface area contributed by atoms with Crippen LogP contribution in [-0.2, 0) is 4.74 Å². The first-order chi connectivity index (χ1) is 3.50. The summed E-state index contributed by atoms with van der Waals surface area (Å²) in [6.07, 6.45) is 0. The molecule has 1 saturated heterocycles. The second-order valence-electron chi connectivity index (χ2n) is 1.34. The van der Waals surface area contributed by atoms with Crippen molar-refractivity contribution in [2.75, 3.05) is 22.3 Å². The van der Waals surface area contributed by atoms with Gasteiger partial charge in [0, 0.05) is 0 Å². The van der Waals surface area contributed by atoms with Crippen LogP contribution in [-0.4, -0.2) is 22.3 Å². The Labute approximate surface area is 53.9 Å². The number of hydrogen-bond donors (Lipinski definition) is 1. The minimum absolute atomic E-state index is 0.354. The summed E-state index contributed by atoms with van der Waals surface area (Å²) in [7, 11) is 0. The van der Waals surface area contributed by atoms with Crippen LogP contribution in [0.3, 0.4) is 0 Å². The van der Waals surface area contributed by atoms with Crippen molar-refractivity contribution in [1.29, 1.82) is 0 Å². The third-order valence-electron chi connectivity index (χ3n) is 0.766. The molecule has 1 fully saturated rings. The SMILES string of the molecule is C1COC[I-]CN1. The molecule has 0 radical (unpaired) electrons. The summed E-state index contributed by atoms with van der Waals surface area (Å²) in [6.45, 7) is 1.97. The zero-order valence-corrected chi connectivity index (χ0v) is 6.27. The van der Waals surface area contributed by atoms with Crippen molar-refractivity contribution in [3.8, 4) is 0 Å². The molecule has 0 aliphatic carbocycles. The maximum absolute atomic E-state index is 5.18. The maximum atomic E-state index is 5.18. The third-order valence-corrected chi connectivity index (χ3v) is 2.73. The summed E-state index contributed by atoms with van der Waals surface area (Å²) < 4.78 is 7.46. The molecule has 0 aromatic heterocycles. The van der Waals surface area contributed by atoms with Gasteiger partial charge >= 0.3 is 53.6 Å². The second kappa shape index (κ2) is 3.63. The van der Waals surface area contributed by atoms with Crippen molar-refractivity contribution in [2.24, 2.45) is 0 Å². The van der Waals surface area contributed by atoms with Crippen molar-refractivity contribution >= 4 is 0 Å². The van der Waals surface area contributed by atoms with Crippen molar-refractivity contribution in [3.63, 3.8) is 0 Å². The zero-order valence-electron chi connectivity index (χ0n) is 4.11. The van der Waals surface area contributed by atoms with E-state index in [4.69, 9.17) is 4.74 Å². The van der Waals surface area contributed by atoms with Gasteiger partial charge in [-0.2, -0.15) is 0 Å². The predicted molar refractivity (Wildman–Crippen MR) is 23.7 cm³/mol. The number of halogens is 1. The van der Waals surface area contributed by atoms with E-state index < -0.39 is 0 Å². The average Bonchev–Trinajstić information content (AvgIpc) is 1.90. The van der Waals surface area contributed by atoms with E-state index in [1.54, 1.807) is 0 Å². The molecule has 7 heavy (non-hydrogen) atoms. The Hall–Kier alpha value is 0.650. The van der Waals surface area contributed by atoms with Crippen molar-refractivity contribution < 1.29 is 25.9 Å². The van der Waals surface area contributed by atoms with Gasteiger partial charge in [0.25, 0.3) is 0 Å². The zero-order chi connectivity index (χ0) is 4.95. The van der Waals surface area contributed by atoms with Gasteiger partial charge in [0.1, 0.15) is 0 Å². The van der Waals surface area contributed by atoms with E-state index in [2.05, 4.69) is 5.32 Å². The van der Waals surface area contributed by atoms with Crippen LogP contribution in [0.4, 0.5) is 0 Å². The van der Waals surface area contributed by atoms with E-state index >= 15 is 0 Å². The Morgan fingerprint density at radius 3 is 3.57 bits per heavy atom. The standard InChI is InChI=1S/C4H9INO/c1-2-7-4-5-3-6-1/h6H,1-4H2/q-1. The number of alkyl halides is 2. The number of rotatable bonds is 0. The van der Waals surface area contributed by atoms with Gasteiger partial charge in [-0.1, -0.05) is 0 Å². The summed E-state index contributed by atoms with van der Waals surface area (Å²) in [4.78, 5) is 0. The second-order valence-corrected chi connectivity index (χ2v) is 3.80. The first-order valence-electron chi connectivity index (χ1n) is 2.32. The van der Waals surface area contributed by atoms with Crippen LogP contribution in [0.5, 0.6) is 0 Å². The summed E-state index contributed by atoms with van der Waals surface area (Å²) in [6, 6.07) is 0. The fraction of sp³-hybridized carbons (Fsp3) is 1.00. The Bertz CT molecular complexity index is 31.3. The number of nitrogens with one attached hydrogen (secondary N) is 1. The van der Waals surface area contributed by atoms with Gasteiger partial charge in [-0.05, 0) is 0 Å². The van der Waals surface area contributed by atoms with E-state index in [0.29, 0.717) is 21.2 Å². The molecule has 2 nitrogen and oxygen atoms in total. The van der Waals surface area contributed by atoms with Crippen LogP contribution in [0.2, 0.25) is 0 Å². The molecule has 1 aliphatic rings. The molecule has 0 atom stereocenters. The first kappa shape index (κ1) is 5.78. The molecular weight excluding hydrogens is 205 g/mol. The van der Waals surface area contributed by atoms with Gasteiger partial charge < -0.3 is 0 Å². The summed E-state index contributed by atoms with van der Waals surface area (Å²) in [5.74, 6) is 0. The Kier molecular flexibility index (Phi) is 3.00. The quantitative estimate of drug-likeness (QED) is 0.258. The molecule has 0 unspecified atom stereocenters. The monoisotopic (exact) mass is 214 g/mol. The summed E-state index contributed by atoms with van der Waals surface area (Å²) in [5, 5.41) is 3.27. The van der Waals surface area contributed by atoms with Gasteiger partial charge in [-0.25, -0.2) is 0 Å². The molecule has 3 heteroatoms. The fourth-order valence-electron chi connectivity index (χ4n) is 0.426. The molecule has 0 spiro atoms. The fourth-order valence-corrected chi connectivity index (χ4v) is 2.03. The van der Waals surface area contributed by atoms with Crippen LogP contribution in [0, 0.1) is 0 Å². The van der Waals surface area contributed by atoms with Gasteiger partial charge in [-0.15, -0.1) is 0 Å². The van der Waals surface area contributed by atoms with Gasteiger partial charge in [0.2, 0.25) is 0 Å². The van der Waals surface area contributed by atoms with E-state index in [1.165, 1.54) is 4.55 Å². The Balaban J connectivity index is 2.04. The van der Waals surface area contributed by atoms with E-state index in [1.807, 2.05) is 0 Å². The van der Waals surface area contributed by atoms with Gasteiger partial charge in [0.05, 0.1) is 0 Å². The van der Waals surface area contributed by atoms with Gasteiger partial charge in [-0.3, -0.25) is 0 Å². The average molecular weight is 214 g/mol. The topological polar surface area (TPSA) is 21.3 Å².